The monoisotopic (exact) mass is 240 g/mol. The molecule has 0 spiro atoms. The highest BCUT2D eigenvalue weighted by atomic mass is 32.1. The minimum atomic E-state index is 0.182. The van der Waals surface area contributed by atoms with Crippen LogP contribution in [-0.4, -0.2) is 55.6 Å². The van der Waals surface area contributed by atoms with Crippen LogP contribution in [0.25, 0.3) is 0 Å². The molecular formula is C10H16N4OS. The molecule has 0 atom stereocenters. The molecule has 2 heterocycles. The standard InChI is InChI=1S/C10H16N4OS/c1-11-8-9(15)13-3-5-14(6-4-13)10-12-2-7-16-10/h2,7,11H,3-6,8H2,1H3. The number of aromatic nitrogens is 1. The molecule has 1 saturated heterocycles. The molecule has 0 unspecified atom stereocenters. The van der Waals surface area contributed by atoms with Crippen molar-refractivity contribution in [3.63, 3.8) is 0 Å². The van der Waals surface area contributed by atoms with E-state index in [0.717, 1.165) is 31.3 Å². The summed E-state index contributed by atoms with van der Waals surface area (Å²) in [5.41, 5.74) is 0. The van der Waals surface area contributed by atoms with Crippen LogP contribution in [0.15, 0.2) is 11.6 Å². The maximum Gasteiger partial charge on any atom is 0.236 e. The van der Waals surface area contributed by atoms with Gasteiger partial charge in [-0.05, 0) is 7.05 Å². The van der Waals surface area contributed by atoms with Crippen molar-refractivity contribution in [3.05, 3.63) is 11.6 Å². The predicted octanol–water partition coefficient (Wildman–Crippen LogP) is 0.0111. The molecule has 6 heteroatoms. The first-order chi connectivity index (χ1) is 7.81. The molecule has 1 aliphatic heterocycles. The Morgan fingerprint density at radius 3 is 2.81 bits per heavy atom. The Kier molecular flexibility index (Phi) is 3.74. The molecule has 1 fully saturated rings. The second-order valence-electron chi connectivity index (χ2n) is 3.71. The summed E-state index contributed by atoms with van der Waals surface area (Å²) in [5.74, 6) is 0.182. The summed E-state index contributed by atoms with van der Waals surface area (Å²) < 4.78 is 0. The molecule has 0 aromatic carbocycles. The van der Waals surface area contributed by atoms with E-state index in [2.05, 4.69) is 15.2 Å². The molecule has 5 nitrogen and oxygen atoms in total. The lowest BCUT2D eigenvalue weighted by Crippen LogP contribution is -2.50. The Morgan fingerprint density at radius 2 is 2.25 bits per heavy atom. The number of anilines is 1. The first-order valence-corrected chi connectivity index (χ1v) is 6.26. The van der Waals surface area contributed by atoms with Crippen molar-refractivity contribution in [2.24, 2.45) is 0 Å². The van der Waals surface area contributed by atoms with Crippen LogP contribution in [0.2, 0.25) is 0 Å². The topological polar surface area (TPSA) is 48.5 Å². The van der Waals surface area contributed by atoms with Crippen LogP contribution in [0.4, 0.5) is 5.13 Å². The van der Waals surface area contributed by atoms with E-state index in [9.17, 15) is 4.79 Å². The summed E-state index contributed by atoms with van der Waals surface area (Å²) in [6.45, 7) is 3.77. The van der Waals surface area contributed by atoms with Gasteiger partial charge in [0.25, 0.3) is 0 Å². The quantitative estimate of drug-likeness (QED) is 0.808. The van der Waals surface area contributed by atoms with E-state index in [4.69, 9.17) is 0 Å². The molecule has 0 aliphatic carbocycles. The second kappa shape index (κ2) is 5.27. The van der Waals surface area contributed by atoms with Crippen LogP contribution in [0.1, 0.15) is 0 Å². The number of nitrogens with zero attached hydrogens (tertiary/aromatic N) is 3. The number of likely N-dealkylation sites (N-methyl/N-ethyl adjacent to an activating group) is 1. The summed E-state index contributed by atoms with van der Waals surface area (Å²) in [5, 5.41) is 5.92. The van der Waals surface area contributed by atoms with Gasteiger partial charge in [0, 0.05) is 37.8 Å². The van der Waals surface area contributed by atoms with E-state index in [0.29, 0.717) is 6.54 Å². The maximum atomic E-state index is 11.6. The first-order valence-electron chi connectivity index (χ1n) is 5.38. The minimum Gasteiger partial charge on any atom is -0.345 e. The Hall–Kier alpha value is -1.14. The summed E-state index contributed by atoms with van der Waals surface area (Å²) in [6, 6.07) is 0. The maximum absolute atomic E-state index is 11.6. The summed E-state index contributed by atoms with van der Waals surface area (Å²) in [6.07, 6.45) is 1.82. The zero-order valence-corrected chi connectivity index (χ0v) is 10.2. The number of thiazole rings is 1. The summed E-state index contributed by atoms with van der Waals surface area (Å²) in [4.78, 5) is 20.0. The number of nitrogens with one attached hydrogen (secondary N) is 1. The minimum absolute atomic E-state index is 0.182. The van der Waals surface area contributed by atoms with Gasteiger partial charge in [-0.2, -0.15) is 0 Å². The van der Waals surface area contributed by atoms with Crippen LogP contribution in [-0.2, 0) is 4.79 Å². The summed E-state index contributed by atoms with van der Waals surface area (Å²) >= 11 is 1.65. The Bertz CT molecular complexity index is 333. The number of rotatable bonds is 3. The first kappa shape index (κ1) is 11.3. The molecule has 1 amide bonds. The van der Waals surface area contributed by atoms with Crippen molar-refractivity contribution < 1.29 is 4.79 Å². The van der Waals surface area contributed by atoms with Crippen molar-refractivity contribution in [2.75, 3.05) is 44.7 Å². The van der Waals surface area contributed by atoms with E-state index < -0.39 is 0 Å². The van der Waals surface area contributed by atoms with Crippen LogP contribution < -0.4 is 10.2 Å². The average molecular weight is 240 g/mol. The van der Waals surface area contributed by atoms with Crippen LogP contribution >= 0.6 is 11.3 Å². The van der Waals surface area contributed by atoms with E-state index >= 15 is 0 Å². The van der Waals surface area contributed by atoms with Crippen molar-refractivity contribution in [1.29, 1.82) is 0 Å². The van der Waals surface area contributed by atoms with E-state index in [1.165, 1.54) is 0 Å². The smallest absolute Gasteiger partial charge is 0.236 e. The molecule has 16 heavy (non-hydrogen) atoms. The molecule has 88 valence electrons. The molecule has 1 aromatic rings. The SMILES string of the molecule is CNCC(=O)N1CCN(c2nccs2)CC1. The molecule has 1 N–H and O–H groups in total. The van der Waals surface area contributed by atoms with Crippen molar-refractivity contribution >= 4 is 22.4 Å². The van der Waals surface area contributed by atoms with Gasteiger partial charge in [0.15, 0.2) is 5.13 Å². The number of piperazine rings is 1. The number of carbonyl (C=O) groups excluding carboxylic acids is 1. The van der Waals surface area contributed by atoms with Gasteiger partial charge in [-0.3, -0.25) is 4.79 Å². The lowest BCUT2D eigenvalue weighted by atomic mass is 10.3. The van der Waals surface area contributed by atoms with Crippen molar-refractivity contribution in [3.8, 4) is 0 Å². The normalized spacial score (nSPS) is 16.6. The highest BCUT2D eigenvalue weighted by Gasteiger charge is 2.21. The largest absolute Gasteiger partial charge is 0.345 e. The van der Waals surface area contributed by atoms with Gasteiger partial charge in [-0.1, -0.05) is 0 Å². The van der Waals surface area contributed by atoms with Gasteiger partial charge >= 0.3 is 0 Å². The third-order valence-electron chi connectivity index (χ3n) is 2.65. The van der Waals surface area contributed by atoms with Crippen molar-refractivity contribution in [2.45, 2.75) is 0 Å². The molecule has 0 saturated carbocycles. The lowest BCUT2D eigenvalue weighted by molar-refractivity contribution is -0.130. The highest BCUT2D eigenvalue weighted by Crippen LogP contribution is 2.18. The van der Waals surface area contributed by atoms with Crippen LogP contribution in [0.3, 0.4) is 0 Å². The number of amides is 1. The van der Waals surface area contributed by atoms with Gasteiger partial charge in [-0.25, -0.2) is 4.98 Å². The molecule has 0 bridgehead atoms. The number of hydrogen-bond acceptors (Lipinski definition) is 5. The Labute approximate surface area is 99.1 Å². The molecule has 1 aromatic heterocycles. The fourth-order valence-electron chi connectivity index (χ4n) is 1.78. The van der Waals surface area contributed by atoms with E-state index in [1.54, 1.807) is 18.4 Å². The molecule has 2 rings (SSSR count). The third-order valence-corrected chi connectivity index (χ3v) is 3.48. The van der Waals surface area contributed by atoms with Gasteiger partial charge < -0.3 is 15.1 Å². The lowest BCUT2D eigenvalue weighted by Gasteiger charge is -2.34. The Morgan fingerprint density at radius 1 is 1.50 bits per heavy atom. The van der Waals surface area contributed by atoms with Crippen LogP contribution in [0.5, 0.6) is 0 Å². The summed E-state index contributed by atoms with van der Waals surface area (Å²) in [7, 11) is 1.80. The van der Waals surface area contributed by atoms with Crippen molar-refractivity contribution in [1.82, 2.24) is 15.2 Å². The Balaban J connectivity index is 1.85. The van der Waals surface area contributed by atoms with E-state index in [-0.39, 0.29) is 5.91 Å². The molecule has 1 aliphatic rings. The number of hydrogen-bond donors (Lipinski definition) is 1. The predicted molar refractivity (Wildman–Crippen MR) is 64.8 cm³/mol. The fraction of sp³-hybridized carbons (Fsp3) is 0.600. The fourth-order valence-corrected chi connectivity index (χ4v) is 2.48. The third kappa shape index (κ3) is 2.51. The van der Waals surface area contributed by atoms with Gasteiger partial charge in [0.1, 0.15) is 0 Å². The average Bonchev–Trinajstić information content (AvgIpc) is 2.83. The van der Waals surface area contributed by atoms with Gasteiger partial charge in [-0.15, -0.1) is 11.3 Å². The van der Waals surface area contributed by atoms with Gasteiger partial charge in [0.05, 0.1) is 6.54 Å². The molecule has 0 radical (unpaired) electrons. The molecular weight excluding hydrogens is 224 g/mol. The second-order valence-corrected chi connectivity index (χ2v) is 4.59. The van der Waals surface area contributed by atoms with Crippen LogP contribution in [0, 0.1) is 0 Å². The highest BCUT2D eigenvalue weighted by molar-refractivity contribution is 7.13. The zero-order valence-electron chi connectivity index (χ0n) is 9.35. The zero-order chi connectivity index (χ0) is 11.4. The van der Waals surface area contributed by atoms with E-state index in [1.807, 2.05) is 16.5 Å². The number of carbonyl (C=O) groups is 1. The van der Waals surface area contributed by atoms with Gasteiger partial charge in [0.2, 0.25) is 5.91 Å².